The van der Waals surface area contributed by atoms with Crippen molar-refractivity contribution in [3.63, 3.8) is 0 Å². The summed E-state index contributed by atoms with van der Waals surface area (Å²) < 4.78 is 67.5. The average Bonchev–Trinajstić information content (AvgIpc) is 3.14. The Morgan fingerprint density at radius 3 is 2.53 bits per heavy atom. The van der Waals surface area contributed by atoms with Crippen molar-refractivity contribution >= 4 is 16.9 Å². The summed E-state index contributed by atoms with van der Waals surface area (Å²) in [5, 5.41) is 13.8. The summed E-state index contributed by atoms with van der Waals surface area (Å²) in [6.45, 7) is 2.92. The molecule has 0 saturated carbocycles. The van der Waals surface area contributed by atoms with Gasteiger partial charge in [-0.2, -0.15) is 13.2 Å². The minimum atomic E-state index is -5.09. The summed E-state index contributed by atoms with van der Waals surface area (Å²) in [6, 6.07) is 8.29. The standard InChI is InChI=1S/C23H21F4NO4/c1-21(2)11-22(30,23(25,26)27)19(13-8-9-14(24)18(31-3)17(13)21)28-20(29)16-10-12-6-4-5-7-15(12)32-16/h4-10,19,30H,11H2,1-3H3,(H,28,29). The van der Waals surface area contributed by atoms with Crippen LogP contribution in [0.2, 0.25) is 0 Å². The lowest BCUT2D eigenvalue weighted by atomic mass is 9.63. The molecule has 32 heavy (non-hydrogen) atoms. The number of aliphatic hydroxyl groups is 1. The molecule has 2 N–H and O–H groups in total. The van der Waals surface area contributed by atoms with Gasteiger partial charge in [-0.05, 0) is 35.6 Å². The van der Waals surface area contributed by atoms with Crippen molar-refractivity contribution in [2.45, 2.75) is 43.5 Å². The van der Waals surface area contributed by atoms with Crippen LogP contribution in [0.5, 0.6) is 5.75 Å². The SMILES string of the molecule is COc1c(F)ccc2c1C(C)(C)CC(O)(C(F)(F)F)C2NC(=O)c1cc2ccccc2o1. The van der Waals surface area contributed by atoms with E-state index in [0.717, 1.165) is 12.1 Å². The zero-order valence-electron chi connectivity index (χ0n) is 17.5. The maximum absolute atomic E-state index is 14.4. The summed E-state index contributed by atoms with van der Waals surface area (Å²) >= 11 is 0. The maximum Gasteiger partial charge on any atom is 0.419 e. The van der Waals surface area contributed by atoms with E-state index in [2.05, 4.69) is 5.32 Å². The third-order valence-corrected chi connectivity index (χ3v) is 5.94. The van der Waals surface area contributed by atoms with E-state index < -0.39 is 41.4 Å². The third-order valence-electron chi connectivity index (χ3n) is 5.94. The van der Waals surface area contributed by atoms with Gasteiger partial charge >= 0.3 is 6.18 Å². The van der Waals surface area contributed by atoms with Crippen LogP contribution < -0.4 is 10.1 Å². The fraction of sp³-hybridized carbons (Fsp3) is 0.348. The molecule has 170 valence electrons. The normalized spacial score (nSPS) is 22.4. The van der Waals surface area contributed by atoms with E-state index in [-0.39, 0.29) is 22.6 Å². The molecule has 1 aliphatic rings. The molecular formula is C23H21F4NO4. The van der Waals surface area contributed by atoms with Gasteiger partial charge in [-0.25, -0.2) is 4.39 Å². The number of fused-ring (bicyclic) bond motifs is 2. The smallest absolute Gasteiger partial charge is 0.419 e. The van der Waals surface area contributed by atoms with Gasteiger partial charge < -0.3 is 19.6 Å². The molecule has 0 fully saturated rings. The van der Waals surface area contributed by atoms with Crippen molar-refractivity contribution in [1.29, 1.82) is 0 Å². The first kappa shape index (κ1) is 22.1. The van der Waals surface area contributed by atoms with Crippen molar-refractivity contribution < 1.29 is 36.6 Å². The van der Waals surface area contributed by atoms with Crippen molar-refractivity contribution in [2.75, 3.05) is 7.11 Å². The van der Waals surface area contributed by atoms with E-state index in [0.29, 0.717) is 11.0 Å². The minimum Gasteiger partial charge on any atom is -0.493 e. The van der Waals surface area contributed by atoms with Crippen LogP contribution in [0.1, 0.15) is 48.0 Å². The van der Waals surface area contributed by atoms with Crippen LogP contribution >= 0.6 is 0 Å². The third kappa shape index (κ3) is 3.31. The minimum absolute atomic E-state index is 0.0798. The Morgan fingerprint density at radius 2 is 1.91 bits per heavy atom. The first-order valence-electron chi connectivity index (χ1n) is 9.84. The first-order valence-corrected chi connectivity index (χ1v) is 9.84. The van der Waals surface area contributed by atoms with E-state index >= 15 is 0 Å². The molecule has 4 rings (SSSR count). The largest absolute Gasteiger partial charge is 0.493 e. The molecule has 0 spiro atoms. The fourth-order valence-electron chi connectivity index (χ4n) is 4.59. The molecule has 2 unspecified atom stereocenters. The molecule has 0 bridgehead atoms. The van der Waals surface area contributed by atoms with Crippen molar-refractivity contribution in [2.24, 2.45) is 0 Å². The number of hydrogen-bond acceptors (Lipinski definition) is 4. The number of carbonyl (C=O) groups is 1. The van der Waals surface area contributed by atoms with Gasteiger partial charge in [0.25, 0.3) is 5.91 Å². The Hall–Kier alpha value is -3.07. The van der Waals surface area contributed by atoms with Crippen LogP contribution in [0, 0.1) is 5.82 Å². The summed E-state index contributed by atoms with van der Waals surface area (Å²) in [6.07, 6.45) is -5.91. The van der Waals surface area contributed by atoms with Crippen LogP contribution in [0.25, 0.3) is 11.0 Å². The van der Waals surface area contributed by atoms with Crippen molar-refractivity contribution in [3.8, 4) is 5.75 Å². The van der Waals surface area contributed by atoms with Gasteiger partial charge in [0.05, 0.1) is 13.2 Å². The highest BCUT2D eigenvalue weighted by Crippen LogP contribution is 2.55. The monoisotopic (exact) mass is 451 g/mol. The number of hydrogen-bond donors (Lipinski definition) is 2. The number of rotatable bonds is 3. The highest BCUT2D eigenvalue weighted by atomic mass is 19.4. The zero-order valence-corrected chi connectivity index (χ0v) is 17.5. The van der Waals surface area contributed by atoms with Gasteiger partial charge in [0.2, 0.25) is 0 Å². The van der Waals surface area contributed by atoms with Crippen LogP contribution in [0.15, 0.2) is 46.9 Å². The van der Waals surface area contributed by atoms with Gasteiger partial charge in [0, 0.05) is 10.9 Å². The van der Waals surface area contributed by atoms with Crippen LogP contribution in [0.4, 0.5) is 17.6 Å². The van der Waals surface area contributed by atoms with E-state index in [4.69, 9.17) is 9.15 Å². The number of carbonyl (C=O) groups excluding carboxylic acids is 1. The number of benzene rings is 2. The molecule has 1 aliphatic carbocycles. The summed E-state index contributed by atoms with van der Waals surface area (Å²) in [5.74, 6) is -2.13. The summed E-state index contributed by atoms with van der Waals surface area (Å²) in [4.78, 5) is 12.9. The van der Waals surface area contributed by atoms with Crippen LogP contribution in [0.3, 0.4) is 0 Å². The highest BCUT2D eigenvalue weighted by molar-refractivity contribution is 5.96. The van der Waals surface area contributed by atoms with E-state index in [1.807, 2.05) is 0 Å². The van der Waals surface area contributed by atoms with E-state index in [1.54, 1.807) is 24.3 Å². The predicted molar refractivity (Wildman–Crippen MR) is 108 cm³/mol. The van der Waals surface area contributed by atoms with Crippen molar-refractivity contribution in [3.05, 3.63) is 65.2 Å². The zero-order chi connectivity index (χ0) is 23.5. The second-order valence-electron chi connectivity index (χ2n) is 8.58. The number of methoxy groups -OCH3 is 1. The Balaban J connectivity index is 1.86. The maximum atomic E-state index is 14.4. The Kier molecular flexibility index (Phi) is 5.00. The van der Waals surface area contributed by atoms with Gasteiger partial charge in [0.1, 0.15) is 5.58 Å². The molecule has 1 amide bonds. The molecule has 3 aromatic rings. The van der Waals surface area contributed by atoms with Gasteiger partial charge in [-0.15, -0.1) is 0 Å². The molecule has 9 heteroatoms. The summed E-state index contributed by atoms with van der Waals surface area (Å²) in [5.41, 5.74) is -4.16. The van der Waals surface area contributed by atoms with Crippen molar-refractivity contribution in [1.82, 2.24) is 5.32 Å². The lowest BCUT2D eigenvalue weighted by Crippen LogP contribution is -2.60. The molecule has 0 aliphatic heterocycles. The molecule has 1 heterocycles. The molecule has 2 aromatic carbocycles. The number of ether oxygens (including phenoxy) is 1. The number of nitrogens with one attached hydrogen (secondary N) is 1. The van der Waals surface area contributed by atoms with Gasteiger partial charge in [-0.3, -0.25) is 4.79 Å². The number of alkyl halides is 3. The fourth-order valence-corrected chi connectivity index (χ4v) is 4.59. The van der Waals surface area contributed by atoms with E-state index in [9.17, 15) is 27.5 Å². The molecule has 0 saturated heterocycles. The second-order valence-corrected chi connectivity index (χ2v) is 8.58. The first-order chi connectivity index (χ1) is 14.9. The molecule has 0 radical (unpaired) electrons. The highest BCUT2D eigenvalue weighted by Gasteiger charge is 2.64. The Morgan fingerprint density at radius 1 is 1.22 bits per heavy atom. The molecule has 2 atom stereocenters. The number of amides is 1. The van der Waals surface area contributed by atoms with Gasteiger partial charge in [-0.1, -0.05) is 38.1 Å². The van der Waals surface area contributed by atoms with Gasteiger partial charge in [0.15, 0.2) is 22.9 Å². The topological polar surface area (TPSA) is 71.7 Å². The number of furan rings is 1. The molecule has 5 nitrogen and oxygen atoms in total. The lowest BCUT2D eigenvalue weighted by molar-refractivity contribution is -0.280. The Bertz CT molecular complexity index is 1170. The quantitative estimate of drug-likeness (QED) is 0.549. The van der Waals surface area contributed by atoms with Crippen LogP contribution in [-0.4, -0.2) is 29.9 Å². The Labute approximate surface area is 181 Å². The predicted octanol–water partition coefficient (Wildman–Crippen LogP) is 5.03. The second kappa shape index (κ2) is 7.23. The molecule has 1 aromatic heterocycles. The molecular weight excluding hydrogens is 430 g/mol. The number of halogens is 4. The van der Waals surface area contributed by atoms with E-state index in [1.165, 1.54) is 27.0 Å². The number of para-hydroxylation sites is 1. The summed E-state index contributed by atoms with van der Waals surface area (Å²) in [7, 11) is 1.21. The lowest BCUT2D eigenvalue weighted by Gasteiger charge is -2.48. The van der Waals surface area contributed by atoms with Crippen LogP contribution in [-0.2, 0) is 5.41 Å². The average molecular weight is 451 g/mol.